The molecule has 0 saturated carbocycles. The van der Waals surface area contributed by atoms with Gasteiger partial charge in [-0.15, -0.1) is 11.3 Å². The molecule has 24 heavy (non-hydrogen) atoms. The van der Waals surface area contributed by atoms with Crippen LogP contribution in [0.1, 0.15) is 22.4 Å². The molecule has 0 aliphatic rings. The van der Waals surface area contributed by atoms with Gasteiger partial charge in [-0.05, 0) is 42.0 Å². The lowest BCUT2D eigenvalue weighted by atomic mass is 10.1. The van der Waals surface area contributed by atoms with Gasteiger partial charge in [-0.3, -0.25) is 14.5 Å². The van der Waals surface area contributed by atoms with Gasteiger partial charge >= 0.3 is 0 Å². The Labute approximate surface area is 145 Å². The highest BCUT2D eigenvalue weighted by Crippen LogP contribution is 2.19. The maximum absolute atomic E-state index is 12.0. The van der Waals surface area contributed by atoms with Crippen molar-refractivity contribution in [2.75, 3.05) is 0 Å². The molecule has 0 aliphatic carbocycles. The van der Waals surface area contributed by atoms with Crippen LogP contribution in [0.4, 0.5) is 0 Å². The summed E-state index contributed by atoms with van der Waals surface area (Å²) >= 11 is 1.71. The predicted molar refractivity (Wildman–Crippen MR) is 95.7 cm³/mol. The van der Waals surface area contributed by atoms with E-state index >= 15 is 0 Å². The van der Waals surface area contributed by atoms with Gasteiger partial charge in [-0.25, -0.2) is 0 Å². The largest absolute Gasteiger partial charge is 0.352 e. The van der Waals surface area contributed by atoms with Crippen LogP contribution in [0.3, 0.4) is 0 Å². The highest BCUT2D eigenvalue weighted by atomic mass is 32.1. The molecule has 0 saturated heterocycles. The first-order chi connectivity index (χ1) is 11.6. The van der Waals surface area contributed by atoms with Gasteiger partial charge in [0.2, 0.25) is 5.91 Å². The molecule has 0 bridgehead atoms. The number of hydrogen-bond donors (Lipinski definition) is 1. The van der Waals surface area contributed by atoms with Crippen LogP contribution in [-0.2, 0) is 24.8 Å². The molecule has 124 valence electrons. The quantitative estimate of drug-likeness (QED) is 0.750. The average molecular weight is 340 g/mol. The SMILES string of the molecule is Cc1ccsc1CCC(=O)NCc1cncc(-c2cnn(C)c2)c1. The highest BCUT2D eigenvalue weighted by Gasteiger charge is 2.07. The Hall–Kier alpha value is -2.47. The number of hydrogen-bond acceptors (Lipinski definition) is 4. The lowest BCUT2D eigenvalue weighted by Crippen LogP contribution is -2.23. The predicted octanol–water partition coefficient (Wildman–Crippen LogP) is 3.10. The van der Waals surface area contributed by atoms with E-state index in [2.05, 4.69) is 33.8 Å². The molecule has 0 aromatic carbocycles. The zero-order valence-electron chi connectivity index (χ0n) is 13.8. The molecule has 1 amide bonds. The van der Waals surface area contributed by atoms with Crippen molar-refractivity contribution in [2.24, 2.45) is 7.05 Å². The Bertz CT molecular complexity index is 837. The zero-order valence-corrected chi connectivity index (χ0v) is 14.6. The molecule has 3 aromatic heterocycles. The zero-order chi connectivity index (χ0) is 16.9. The molecule has 3 rings (SSSR count). The molecule has 6 heteroatoms. The molecular formula is C18H20N4OS. The van der Waals surface area contributed by atoms with Crippen molar-refractivity contribution in [1.29, 1.82) is 0 Å². The number of thiophene rings is 1. The number of rotatable bonds is 6. The van der Waals surface area contributed by atoms with Gasteiger partial charge in [0, 0.05) is 54.6 Å². The number of carbonyl (C=O) groups is 1. The van der Waals surface area contributed by atoms with Crippen molar-refractivity contribution in [3.8, 4) is 11.1 Å². The van der Waals surface area contributed by atoms with Crippen LogP contribution in [0, 0.1) is 6.92 Å². The lowest BCUT2D eigenvalue weighted by molar-refractivity contribution is -0.121. The van der Waals surface area contributed by atoms with Crippen LogP contribution in [0.25, 0.3) is 11.1 Å². The van der Waals surface area contributed by atoms with Gasteiger partial charge in [0.15, 0.2) is 0 Å². The minimum Gasteiger partial charge on any atom is -0.352 e. The Morgan fingerprint density at radius 3 is 2.88 bits per heavy atom. The summed E-state index contributed by atoms with van der Waals surface area (Å²) in [5.41, 5.74) is 4.27. The van der Waals surface area contributed by atoms with Crippen molar-refractivity contribution in [3.63, 3.8) is 0 Å². The molecule has 0 aliphatic heterocycles. The first kappa shape index (κ1) is 16.4. The molecule has 0 spiro atoms. The minimum absolute atomic E-state index is 0.0644. The number of nitrogens with one attached hydrogen (secondary N) is 1. The van der Waals surface area contributed by atoms with Crippen LogP contribution in [-0.4, -0.2) is 20.7 Å². The van der Waals surface area contributed by atoms with Gasteiger partial charge in [0.1, 0.15) is 0 Å². The maximum Gasteiger partial charge on any atom is 0.220 e. The van der Waals surface area contributed by atoms with E-state index < -0.39 is 0 Å². The van der Waals surface area contributed by atoms with Crippen LogP contribution in [0.5, 0.6) is 0 Å². The highest BCUT2D eigenvalue weighted by molar-refractivity contribution is 7.10. The van der Waals surface area contributed by atoms with Crippen molar-refractivity contribution < 1.29 is 4.79 Å². The van der Waals surface area contributed by atoms with E-state index in [4.69, 9.17) is 0 Å². The van der Waals surface area contributed by atoms with E-state index in [1.165, 1.54) is 10.4 Å². The first-order valence-electron chi connectivity index (χ1n) is 7.84. The van der Waals surface area contributed by atoms with E-state index in [0.29, 0.717) is 13.0 Å². The number of carbonyl (C=O) groups excluding carboxylic acids is 1. The molecule has 0 unspecified atom stereocenters. The standard InChI is InChI=1S/C18H20N4OS/c1-13-5-6-24-17(13)3-4-18(23)20-9-14-7-15(10-19-8-14)16-11-21-22(2)12-16/h5-8,10-12H,3-4,9H2,1-2H3,(H,20,23). The third kappa shape index (κ3) is 4.08. The van der Waals surface area contributed by atoms with Gasteiger partial charge in [0.05, 0.1) is 6.20 Å². The molecule has 5 nitrogen and oxygen atoms in total. The summed E-state index contributed by atoms with van der Waals surface area (Å²) in [6, 6.07) is 4.13. The fraction of sp³-hybridized carbons (Fsp3) is 0.278. The third-order valence-corrected chi connectivity index (χ3v) is 4.95. The van der Waals surface area contributed by atoms with E-state index in [-0.39, 0.29) is 5.91 Å². The first-order valence-corrected chi connectivity index (χ1v) is 8.72. The van der Waals surface area contributed by atoms with Crippen molar-refractivity contribution in [3.05, 3.63) is 58.3 Å². The Balaban J connectivity index is 1.54. The summed E-state index contributed by atoms with van der Waals surface area (Å²) in [4.78, 5) is 17.6. The van der Waals surface area contributed by atoms with Gasteiger partial charge in [-0.1, -0.05) is 0 Å². The van der Waals surface area contributed by atoms with E-state index in [0.717, 1.165) is 23.1 Å². The van der Waals surface area contributed by atoms with E-state index in [1.807, 2.05) is 31.7 Å². The number of pyridine rings is 1. The monoisotopic (exact) mass is 340 g/mol. The topological polar surface area (TPSA) is 59.8 Å². The molecule has 3 aromatic rings. The second-order valence-electron chi connectivity index (χ2n) is 5.79. The minimum atomic E-state index is 0.0644. The summed E-state index contributed by atoms with van der Waals surface area (Å²) in [6.45, 7) is 2.57. The molecule has 0 radical (unpaired) electrons. The Morgan fingerprint density at radius 1 is 1.29 bits per heavy atom. The summed E-state index contributed by atoms with van der Waals surface area (Å²) < 4.78 is 1.76. The van der Waals surface area contributed by atoms with Gasteiger partial charge in [0.25, 0.3) is 0 Å². The molecule has 0 atom stereocenters. The average Bonchev–Trinajstić information content (AvgIpc) is 3.20. The van der Waals surface area contributed by atoms with Gasteiger partial charge in [-0.2, -0.15) is 5.10 Å². The number of amides is 1. The van der Waals surface area contributed by atoms with Crippen LogP contribution in [0.2, 0.25) is 0 Å². The number of nitrogens with zero attached hydrogens (tertiary/aromatic N) is 3. The van der Waals surface area contributed by atoms with E-state index in [9.17, 15) is 4.79 Å². The second-order valence-corrected chi connectivity index (χ2v) is 6.79. The van der Waals surface area contributed by atoms with Crippen molar-refractivity contribution in [1.82, 2.24) is 20.1 Å². The Kier molecular flexibility index (Phi) is 5.05. The summed E-state index contributed by atoms with van der Waals surface area (Å²) in [5.74, 6) is 0.0644. The molecule has 0 fully saturated rings. The molecule has 3 heterocycles. The summed E-state index contributed by atoms with van der Waals surface area (Å²) in [7, 11) is 1.89. The normalized spacial score (nSPS) is 10.8. The second kappa shape index (κ2) is 7.40. The fourth-order valence-corrected chi connectivity index (χ4v) is 3.40. The lowest BCUT2D eigenvalue weighted by Gasteiger charge is -2.06. The summed E-state index contributed by atoms with van der Waals surface area (Å²) in [6.07, 6.45) is 8.65. The van der Waals surface area contributed by atoms with Crippen molar-refractivity contribution in [2.45, 2.75) is 26.3 Å². The van der Waals surface area contributed by atoms with Crippen LogP contribution < -0.4 is 5.32 Å². The number of aromatic nitrogens is 3. The van der Waals surface area contributed by atoms with E-state index in [1.54, 1.807) is 22.2 Å². The Morgan fingerprint density at radius 2 is 2.17 bits per heavy atom. The number of aryl methyl sites for hydroxylation is 3. The third-order valence-electron chi connectivity index (χ3n) is 3.87. The molecule has 1 N–H and O–H groups in total. The van der Waals surface area contributed by atoms with Crippen LogP contribution >= 0.6 is 11.3 Å². The summed E-state index contributed by atoms with van der Waals surface area (Å²) in [5, 5.41) is 9.21. The van der Waals surface area contributed by atoms with Gasteiger partial charge < -0.3 is 5.32 Å². The van der Waals surface area contributed by atoms with Crippen molar-refractivity contribution >= 4 is 17.2 Å². The smallest absolute Gasteiger partial charge is 0.220 e. The molecular weight excluding hydrogens is 320 g/mol. The fourth-order valence-electron chi connectivity index (χ4n) is 2.49. The van der Waals surface area contributed by atoms with Crippen LogP contribution in [0.15, 0.2) is 42.3 Å². The maximum atomic E-state index is 12.0.